The average molecular weight is 314 g/mol. The van der Waals surface area contributed by atoms with Crippen LogP contribution >= 0.6 is 11.6 Å². The van der Waals surface area contributed by atoms with Gasteiger partial charge in [0.1, 0.15) is 0 Å². The Morgan fingerprint density at radius 1 is 1.33 bits per heavy atom. The summed E-state index contributed by atoms with van der Waals surface area (Å²) in [4.78, 5) is 15.3. The van der Waals surface area contributed by atoms with Crippen molar-refractivity contribution in [2.45, 2.75) is 6.54 Å². The van der Waals surface area contributed by atoms with Crippen LogP contribution in [0.4, 0.5) is 5.69 Å². The van der Waals surface area contributed by atoms with Gasteiger partial charge < -0.3 is 19.9 Å². The van der Waals surface area contributed by atoms with Gasteiger partial charge in [-0.3, -0.25) is 4.79 Å². The van der Waals surface area contributed by atoms with Gasteiger partial charge in [0.2, 0.25) is 5.91 Å². The predicted molar refractivity (Wildman–Crippen MR) is 87.0 cm³/mol. The second-order valence-electron chi connectivity index (χ2n) is 5.09. The zero-order valence-corrected chi connectivity index (χ0v) is 13.9. The number of hydrogen-bond acceptors (Lipinski definition) is 4. The molecule has 0 radical (unpaired) electrons. The van der Waals surface area contributed by atoms with E-state index in [2.05, 4.69) is 5.32 Å². The Hall–Kier alpha value is -1.30. The SMILES string of the molecule is COCCNCc1ccc(Cl)cc1N(C)CC(=O)N(C)C. The van der Waals surface area contributed by atoms with Crippen LogP contribution in [-0.2, 0) is 16.1 Å². The van der Waals surface area contributed by atoms with Crippen LogP contribution in [0.25, 0.3) is 0 Å². The number of likely N-dealkylation sites (N-methyl/N-ethyl adjacent to an activating group) is 2. The number of carbonyl (C=O) groups is 1. The Balaban J connectivity index is 2.78. The quantitative estimate of drug-likeness (QED) is 0.741. The van der Waals surface area contributed by atoms with E-state index in [4.69, 9.17) is 16.3 Å². The summed E-state index contributed by atoms with van der Waals surface area (Å²) in [6.07, 6.45) is 0. The van der Waals surface area contributed by atoms with E-state index < -0.39 is 0 Å². The number of rotatable bonds is 8. The number of amides is 1. The third-order valence-corrected chi connectivity index (χ3v) is 3.36. The Kier molecular flexibility index (Phi) is 7.50. The number of nitrogens with zero attached hydrogens (tertiary/aromatic N) is 2. The summed E-state index contributed by atoms with van der Waals surface area (Å²) in [5.41, 5.74) is 2.06. The predicted octanol–water partition coefficient (Wildman–Crippen LogP) is 1.60. The smallest absolute Gasteiger partial charge is 0.241 e. The first-order chi connectivity index (χ1) is 9.95. The van der Waals surface area contributed by atoms with E-state index in [9.17, 15) is 4.79 Å². The van der Waals surface area contributed by atoms with E-state index in [0.717, 1.165) is 17.8 Å². The molecule has 0 aliphatic carbocycles. The molecule has 1 N–H and O–H groups in total. The first-order valence-electron chi connectivity index (χ1n) is 6.85. The number of nitrogens with one attached hydrogen (secondary N) is 1. The summed E-state index contributed by atoms with van der Waals surface area (Å²) >= 11 is 6.08. The van der Waals surface area contributed by atoms with Gasteiger partial charge in [-0.25, -0.2) is 0 Å². The summed E-state index contributed by atoms with van der Waals surface area (Å²) in [5, 5.41) is 3.97. The van der Waals surface area contributed by atoms with Gasteiger partial charge in [-0.05, 0) is 17.7 Å². The number of halogens is 1. The van der Waals surface area contributed by atoms with E-state index in [1.807, 2.05) is 30.1 Å². The molecule has 1 rings (SSSR count). The summed E-state index contributed by atoms with van der Waals surface area (Å²) in [6.45, 7) is 2.46. The zero-order valence-electron chi connectivity index (χ0n) is 13.1. The summed E-state index contributed by atoms with van der Waals surface area (Å²) in [5.74, 6) is 0.0516. The third kappa shape index (κ3) is 5.91. The van der Waals surface area contributed by atoms with Crippen LogP contribution in [0, 0.1) is 0 Å². The van der Waals surface area contributed by atoms with Crippen molar-refractivity contribution in [3.05, 3.63) is 28.8 Å². The standard InChI is InChI=1S/C15H24ClN3O2/c1-18(2)15(20)11-19(3)14-9-13(16)6-5-12(14)10-17-7-8-21-4/h5-6,9,17H,7-8,10-11H2,1-4H3. The number of hydrogen-bond donors (Lipinski definition) is 1. The minimum atomic E-state index is 0.0516. The van der Waals surface area contributed by atoms with E-state index in [1.165, 1.54) is 0 Å². The lowest BCUT2D eigenvalue weighted by Crippen LogP contribution is -2.35. The molecule has 0 unspecified atom stereocenters. The fourth-order valence-electron chi connectivity index (χ4n) is 1.87. The van der Waals surface area contributed by atoms with Gasteiger partial charge in [0.05, 0.1) is 13.2 Å². The van der Waals surface area contributed by atoms with Crippen LogP contribution in [0.5, 0.6) is 0 Å². The minimum Gasteiger partial charge on any atom is -0.383 e. The highest BCUT2D eigenvalue weighted by Crippen LogP contribution is 2.24. The van der Waals surface area contributed by atoms with Gasteiger partial charge in [0, 0.05) is 52.1 Å². The molecule has 1 amide bonds. The van der Waals surface area contributed by atoms with Crippen LogP contribution < -0.4 is 10.2 Å². The maximum absolute atomic E-state index is 11.8. The molecule has 5 nitrogen and oxygen atoms in total. The van der Waals surface area contributed by atoms with Crippen molar-refractivity contribution in [3.8, 4) is 0 Å². The van der Waals surface area contributed by atoms with E-state index in [1.54, 1.807) is 26.1 Å². The van der Waals surface area contributed by atoms with Crippen molar-refractivity contribution in [2.24, 2.45) is 0 Å². The van der Waals surface area contributed by atoms with E-state index in [-0.39, 0.29) is 5.91 Å². The molecule has 0 bridgehead atoms. The van der Waals surface area contributed by atoms with Crippen LogP contribution in [-0.4, -0.2) is 58.8 Å². The largest absolute Gasteiger partial charge is 0.383 e. The molecule has 1 aromatic carbocycles. The van der Waals surface area contributed by atoms with Crippen molar-refractivity contribution in [1.82, 2.24) is 10.2 Å². The second-order valence-corrected chi connectivity index (χ2v) is 5.52. The molecular formula is C15H24ClN3O2. The maximum Gasteiger partial charge on any atom is 0.241 e. The van der Waals surface area contributed by atoms with Crippen molar-refractivity contribution in [1.29, 1.82) is 0 Å². The molecule has 0 fully saturated rings. The Labute approximate surface area is 131 Å². The molecule has 21 heavy (non-hydrogen) atoms. The lowest BCUT2D eigenvalue weighted by atomic mass is 10.1. The number of anilines is 1. The monoisotopic (exact) mass is 313 g/mol. The maximum atomic E-state index is 11.8. The lowest BCUT2D eigenvalue weighted by Gasteiger charge is -2.24. The molecule has 118 valence electrons. The fraction of sp³-hybridized carbons (Fsp3) is 0.533. The lowest BCUT2D eigenvalue weighted by molar-refractivity contribution is -0.127. The van der Waals surface area contributed by atoms with Gasteiger partial charge in [-0.2, -0.15) is 0 Å². The van der Waals surface area contributed by atoms with Crippen molar-refractivity contribution >= 4 is 23.2 Å². The zero-order chi connectivity index (χ0) is 15.8. The summed E-state index contributed by atoms with van der Waals surface area (Å²) in [6, 6.07) is 5.73. The van der Waals surface area contributed by atoms with E-state index >= 15 is 0 Å². The summed E-state index contributed by atoms with van der Waals surface area (Å²) in [7, 11) is 7.07. The molecule has 0 aliphatic heterocycles. The average Bonchev–Trinajstić information content (AvgIpc) is 2.44. The number of methoxy groups -OCH3 is 1. The molecule has 0 aromatic heterocycles. The Morgan fingerprint density at radius 3 is 2.67 bits per heavy atom. The van der Waals surface area contributed by atoms with Crippen LogP contribution in [0.1, 0.15) is 5.56 Å². The fourth-order valence-corrected chi connectivity index (χ4v) is 2.03. The van der Waals surface area contributed by atoms with Crippen molar-refractivity contribution in [3.63, 3.8) is 0 Å². The molecule has 0 spiro atoms. The van der Waals surface area contributed by atoms with Gasteiger partial charge in [0.15, 0.2) is 0 Å². The molecule has 0 heterocycles. The summed E-state index contributed by atoms with van der Waals surface area (Å²) < 4.78 is 5.01. The minimum absolute atomic E-state index is 0.0516. The molecule has 0 saturated carbocycles. The Morgan fingerprint density at radius 2 is 2.05 bits per heavy atom. The van der Waals surface area contributed by atoms with Gasteiger partial charge in [-0.15, -0.1) is 0 Å². The first-order valence-corrected chi connectivity index (χ1v) is 7.23. The van der Waals surface area contributed by atoms with Gasteiger partial charge in [-0.1, -0.05) is 17.7 Å². The first kappa shape index (κ1) is 17.8. The molecule has 0 aliphatic rings. The highest BCUT2D eigenvalue weighted by molar-refractivity contribution is 6.30. The third-order valence-electron chi connectivity index (χ3n) is 3.13. The van der Waals surface area contributed by atoms with Crippen molar-refractivity contribution in [2.75, 3.05) is 52.8 Å². The number of ether oxygens (including phenoxy) is 1. The number of carbonyl (C=O) groups excluding carboxylic acids is 1. The molecule has 6 heteroatoms. The van der Waals surface area contributed by atoms with E-state index in [0.29, 0.717) is 24.7 Å². The van der Waals surface area contributed by atoms with Crippen LogP contribution in [0.3, 0.4) is 0 Å². The van der Waals surface area contributed by atoms with Crippen LogP contribution in [0.15, 0.2) is 18.2 Å². The van der Waals surface area contributed by atoms with Gasteiger partial charge >= 0.3 is 0 Å². The molecule has 0 saturated heterocycles. The molecule has 0 atom stereocenters. The topological polar surface area (TPSA) is 44.8 Å². The van der Waals surface area contributed by atoms with Crippen molar-refractivity contribution < 1.29 is 9.53 Å². The second kappa shape index (κ2) is 8.87. The highest BCUT2D eigenvalue weighted by Gasteiger charge is 2.13. The normalized spacial score (nSPS) is 10.5. The van der Waals surface area contributed by atoms with Crippen LogP contribution in [0.2, 0.25) is 5.02 Å². The number of benzene rings is 1. The molecular weight excluding hydrogens is 290 g/mol. The molecule has 1 aromatic rings. The highest BCUT2D eigenvalue weighted by atomic mass is 35.5. The Bertz CT molecular complexity index is 466. The van der Waals surface area contributed by atoms with Gasteiger partial charge in [0.25, 0.3) is 0 Å².